The number of nitrogens with one attached hydrogen (secondary N) is 1. The van der Waals surface area contributed by atoms with Gasteiger partial charge in [-0.2, -0.15) is 0 Å². The number of amides is 1. The van der Waals surface area contributed by atoms with Gasteiger partial charge in [-0.3, -0.25) is 4.79 Å². The summed E-state index contributed by atoms with van der Waals surface area (Å²) in [6, 6.07) is 1.48. The lowest BCUT2D eigenvalue weighted by molar-refractivity contribution is 0.0917. The van der Waals surface area contributed by atoms with E-state index in [2.05, 4.69) is 12.2 Å². The molecule has 2 atom stereocenters. The van der Waals surface area contributed by atoms with Crippen molar-refractivity contribution in [3.63, 3.8) is 0 Å². The molecular weight excluding hydrogens is 316 g/mol. The average molecular weight is 342 g/mol. The van der Waals surface area contributed by atoms with E-state index in [0.717, 1.165) is 30.0 Å². The highest BCUT2D eigenvalue weighted by Crippen LogP contribution is 2.27. The number of carbonyl (C=O) groups is 1. The molecule has 0 bridgehead atoms. The third kappa shape index (κ3) is 3.95. The molecule has 1 N–H and O–H groups in total. The molecule has 1 aromatic heterocycles. The lowest BCUT2D eigenvalue weighted by atomic mass is 9.84. The van der Waals surface area contributed by atoms with Gasteiger partial charge in [0.25, 0.3) is 15.9 Å². The minimum absolute atomic E-state index is 0.157. The standard InChI is InChI=1S/C16H26N2O4S/c1-5-12-7-6-8-13(9-12)17-16(19)14-10-15(22-11(14)2)23(20,21)18(3)4/h10,12-13H,5-9H2,1-4H3,(H,17,19)/t12-,13-/m1/s1. The first-order valence-electron chi connectivity index (χ1n) is 8.09. The van der Waals surface area contributed by atoms with E-state index in [1.54, 1.807) is 6.92 Å². The van der Waals surface area contributed by atoms with Crippen LogP contribution < -0.4 is 5.32 Å². The Morgan fingerprint density at radius 1 is 1.39 bits per heavy atom. The third-order valence-corrected chi connectivity index (χ3v) is 6.24. The summed E-state index contributed by atoms with van der Waals surface area (Å²) in [5, 5.41) is 2.83. The molecule has 1 aliphatic rings. The van der Waals surface area contributed by atoms with E-state index < -0.39 is 10.0 Å². The van der Waals surface area contributed by atoms with Crippen LogP contribution in [0.3, 0.4) is 0 Å². The Hall–Kier alpha value is -1.34. The van der Waals surface area contributed by atoms with E-state index in [1.807, 2.05) is 0 Å². The highest BCUT2D eigenvalue weighted by molar-refractivity contribution is 7.88. The zero-order valence-corrected chi connectivity index (χ0v) is 15.1. The van der Waals surface area contributed by atoms with E-state index in [4.69, 9.17) is 4.42 Å². The van der Waals surface area contributed by atoms with Gasteiger partial charge >= 0.3 is 0 Å². The van der Waals surface area contributed by atoms with Gasteiger partial charge in [0.1, 0.15) is 5.76 Å². The van der Waals surface area contributed by atoms with Gasteiger partial charge in [0.05, 0.1) is 5.56 Å². The summed E-state index contributed by atoms with van der Waals surface area (Å²) in [6.07, 6.45) is 5.43. The molecule has 0 radical (unpaired) electrons. The Balaban J connectivity index is 2.13. The van der Waals surface area contributed by atoms with Gasteiger partial charge in [0.15, 0.2) is 0 Å². The molecule has 0 aliphatic heterocycles. The molecular formula is C16H26N2O4S. The van der Waals surface area contributed by atoms with Crippen LogP contribution in [0.15, 0.2) is 15.6 Å². The van der Waals surface area contributed by atoms with Crippen molar-refractivity contribution in [2.75, 3.05) is 14.1 Å². The number of carbonyl (C=O) groups excluding carboxylic acids is 1. The van der Waals surface area contributed by atoms with Crippen LogP contribution >= 0.6 is 0 Å². The highest BCUT2D eigenvalue weighted by atomic mass is 32.2. The summed E-state index contributed by atoms with van der Waals surface area (Å²) >= 11 is 0. The van der Waals surface area contributed by atoms with Crippen molar-refractivity contribution in [1.82, 2.24) is 9.62 Å². The van der Waals surface area contributed by atoms with Crippen molar-refractivity contribution in [3.05, 3.63) is 17.4 Å². The van der Waals surface area contributed by atoms with Crippen LogP contribution in [-0.2, 0) is 10.0 Å². The monoisotopic (exact) mass is 342 g/mol. The Bertz CT molecular complexity index is 664. The van der Waals surface area contributed by atoms with E-state index in [9.17, 15) is 13.2 Å². The number of sulfonamides is 1. The zero-order valence-electron chi connectivity index (χ0n) is 14.3. The Morgan fingerprint density at radius 2 is 2.09 bits per heavy atom. The molecule has 0 aromatic carbocycles. The summed E-state index contributed by atoms with van der Waals surface area (Å²) in [4.78, 5) is 12.5. The third-order valence-electron chi connectivity index (χ3n) is 4.57. The summed E-state index contributed by atoms with van der Waals surface area (Å²) < 4.78 is 30.6. The summed E-state index contributed by atoms with van der Waals surface area (Å²) in [5.74, 6) is 0.725. The van der Waals surface area contributed by atoms with Crippen molar-refractivity contribution in [2.45, 2.75) is 57.1 Å². The first-order chi connectivity index (χ1) is 10.8. The lowest BCUT2D eigenvalue weighted by Gasteiger charge is -2.29. The molecule has 23 heavy (non-hydrogen) atoms. The molecule has 0 spiro atoms. The van der Waals surface area contributed by atoms with Crippen LogP contribution in [-0.4, -0.2) is 38.8 Å². The number of rotatable bonds is 5. The smallest absolute Gasteiger partial charge is 0.275 e. The van der Waals surface area contributed by atoms with E-state index in [-0.39, 0.29) is 17.0 Å². The van der Waals surface area contributed by atoms with Crippen LogP contribution in [0.1, 0.15) is 55.1 Å². The van der Waals surface area contributed by atoms with Crippen LogP contribution in [0, 0.1) is 12.8 Å². The van der Waals surface area contributed by atoms with E-state index in [1.165, 1.54) is 26.6 Å². The minimum atomic E-state index is -3.67. The Labute approximate surface area is 138 Å². The highest BCUT2D eigenvalue weighted by Gasteiger charge is 2.28. The van der Waals surface area contributed by atoms with Gasteiger partial charge < -0.3 is 9.73 Å². The second-order valence-corrected chi connectivity index (χ2v) is 8.52. The normalized spacial score (nSPS) is 22.3. The SMILES string of the molecule is CC[C@@H]1CCC[C@@H](NC(=O)c2cc(S(=O)(=O)N(C)C)oc2C)C1. The van der Waals surface area contributed by atoms with Crippen molar-refractivity contribution in [2.24, 2.45) is 5.92 Å². The molecule has 1 aromatic rings. The van der Waals surface area contributed by atoms with E-state index >= 15 is 0 Å². The van der Waals surface area contributed by atoms with Crippen molar-refractivity contribution in [1.29, 1.82) is 0 Å². The van der Waals surface area contributed by atoms with Crippen LogP contribution in [0.4, 0.5) is 0 Å². The average Bonchev–Trinajstić information content (AvgIpc) is 2.90. The fourth-order valence-electron chi connectivity index (χ4n) is 3.04. The molecule has 0 saturated heterocycles. The van der Waals surface area contributed by atoms with Gasteiger partial charge in [-0.1, -0.05) is 26.2 Å². The molecule has 1 fully saturated rings. The molecule has 1 amide bonds. The van der Waals surface area contributed by atoms with Crippen molar-refractivity contribution >= 4 is 15.9 Å². The molecule has 0 unspecified atom stereocenters. The molecule has 1 heterocycles. The van der Waals surface area contributed by atoms with Crippen LogP contribution in [0.25, 0.3) is 0 Å². The molecule has 7 heteroatoms. The minimum Gasteiger partial charge on any atom is -0.448 e. The number of furan rings is 1. The predicted molar refractivity (Wildman–Crippen MR) is 87.8 cm³/mol. The lowest BCUT2D eigenvalue weighted by Crippen LogP contribution is -2.38. The second kappa shape index (κ2) is 7.05. The van der Waals surface area contributed by atoms with Gasteiger partial charge in [0, 0.05) is 26.2 Å². The molecule has 6 nitrogen and oxygen atoms in total. The number of hydrogen-bond donors (Lipinski definition) is 1. The first kappa shape index (κ1) is 18.0. The largest absolute Gasteiger partial charge is 0.448 e. The molecule has 2 rings (SSSR count). The summed E-state index contributed by atoms with van der Waals surface area (Å²) in [6.45, 7) is 3.78. The van der Waals surface area contributed by atoms with Crippen LogP contribution in [0.2, 0.25) is 0 Å². The Kier molecular flexibility index (Phi) is 5.52. The number of hydrogen-bond acceptors (Lipinski definition) is 4. The van der Waals surface area contributed by atoms with Gasteiger partial charge in [-0.15, -0.1) is 0 Å². The van der Waals surface area contributed by atoms with Gasteiger partial charge in [-0.05, 0) is 25.7 Å². The molecule has 1 saturated carbocycles. The zero-order chi connectivity index (χ0) is 17.2. The summed E-state index contributed by atoms with van der Waals surface area (Å²) in [5.41, 5.74) is 0.295. The molecule has 130 valence electrons. The summed E-state index contributed by atoms with van der Waals surface area (Å²) in [7, 11) is -0.810. The van der Waals surface area contributed by atoms with Crippen molar-refractivity contribution < 1.29 is 17.6 Å². The Morgan fingerprint density at radius 3 is 2.70 bits per heavy atom. The second-order valence-electron chi connectivity index (χ2n) is 6.43. The van der Waals surface area contributed by atoms with Crippen LogP contribution in [0.5, 0.6) is 0 Å². The van der Waals surface area contributed by atoms with E-state index in [0.29, 0.717) is 17.2 Å². The first-order valence-corrected chi connectivity index (χ1v) is 9.53. The molecule has 1 aliphatic carbocycles. The predicted octanol–water partition coefficient (Wildman–Crippen LogP) is 2.54. The maximum absolute atomic E-state index is 12.5. The number of aryl methyl sites for hydroxylation is 1. The maximum atomic E-state index is 12.5. The fraction of sp³-hybridized carbons (Fsp3) is 0.688. The maximum Gasteiger partial charge on any atom is 0.275 e. The van der Waals surface area contributed by atoms with Gasteiger partial charge in [0.2, 0.25) is 5.09 Å². The van der Waals surface area contributed by atoms with Gasteiger partial charge in [-0.25, -0.2) is 12.7 Å². The van der Waals surface area contributed by atoms with Crippen molar-refractivity contribution in [3.8, 4) is 0 Å². The quantitative estimate of drug-likeness (QED) is 0.892. The number of nitrogens with zero attached hydrogens (tertiary/aromatic N) is 1. The fourth-order valence-corrected chi connectivity index (χ4v) is 3.90. The topological polar surface area (TPSA) is 79.6 Å².